The van der Waals surface area contributed by atoms with Gasteiger partial charge in [0, 0.05) is 59.2 Å². The highest BCUT2D eigenvalue weighted by molar-refractivity contribution is 5.83. The van der Waals surface area contributed by atoms with Gasteiger partial charge < -0.3 is 15.1 Å². The number of piperazine rings is 1. The first-order chi connectivity index (χ1) is 11.0. The van der Waals surface area contributed by atoms with Crippen molar-refractivity contribution in [1.82, 2.24) is 20.0 Å². The van der Waals surface area contributed by atoms with E-state index in [9.17, 15) is 9.59 Å². The molecular formula is C17H30N4O2. The standard InChI is InChI=1S/C17H30N4O2/c1-19(2)15(22)3-8-20-9-11-21(12-10-20)16(23)14-13-17(14)4-6-18-7-5-17/h14,18H,3-13H2,1-2H3. The summed E-state index contributed by atoms with van der Waals surface area (Å²) in [5.74, 6) is 0.844. The zero-order chi connectivity index (χ0) is 16.4. The molecule has 2 amide bonds. The monoisotopic (exact) mass is 322 g/mol. The van der Waals surface area contributed by atoms with Crippen LogP contribution in [-0.2, 0) is 9.59 Å². The minimum atomic E-state index is 0.175. The minimum Gasteiger partial charge on any atom is -0.349 e. The number of hydrogen-bond donors (Lipinski definition) is 1. The molecule has 2 aliphatic heterocycles. The maximum atomic E-state index is 12.7. The van der Waals surface area contributed by atoms with Gasteiger partial charge in [-0.1, -0.05) is 0 Å². The van der Waals surface area contributed by atoms with Crippen LogP contribution in [0, 0.1) is 11.3 Å². The summed E-state index contributed by atoms with van der Waals surface area (Å²) in [5.41, 5.74) is 0.331. The SMILES string of the molecule is CN(C)C(=O)CCN1CCN(C(=O)C2CC23CCNCC3)CC1. The summed E-state index contributed by atoms with van der Waals surface area (Å²) in [4.78, 5) is 30.4. The van der Waals surface area contributed by atoms with Gasteiger partial charge in [-0.25, -0.2) is 0 Å². The quantitative estimate of drug-likeness (QED) is 0.791. The van der Waals surface area contributed by atoms with E-state index >= 15 is 0 Å². The van der Waals surface area contributed by atoms with Crippen LogP contribution in [0.1, 0.15) is 25.7 Å². The largest absolute Gasteiger partial charge is 0.349 e. The molecule has 6 nitrogen and oxygen atoms in total. The van der Waals surface area contributed by atoms with E-state index in [1.54, 1.807) is 19.0 Å². The Morgan fingerprint density at radius 2 is 1.78 bits per heavy atom. The number of carbonyl (C=O) groups is 2. The number of hydrogen-bond acceptors (Lipinski definition) is 4. The van der Waals surface area contributed by atoms with Gasteiger partial charge in [-0.15, -0.1) is 0 Å². The molecule has 0 radical (unpaired) electrons. The Kier molecular flexibility index (Phi) is 4.92. The smallest absolute Gasteiger partial charge is 0.226 e. The Bertz CT molecular complexity index is 452. The Labute approximate surface area is 139 Å². The van der Waals surface area contributed by atoms with Gasteiger partial charge >= 0.3 is 0 Å². The van der Waals surface area contributed by atoms with E-state index in [0.717, 1.165) is 65.1 Å². The Morgan fingerprint density at radius 1 is 1.13 bits per heavy atom. The third kappa shape index (κ3) is 3.69. The fraction of sp³-hybridized carbons (Fsp3) is 0.882. The van der Waals surface area contributed by atoms with E-state index in [-0.39, 0.29) is 11.8 Å². The fourth-order valence-electron chi connectivity index (χ4n) is 4.06. The lowest BCUT2D eigenvalue weighted by Gasteiger charge is -2.35. The lowest BCUT2D eigenvalue weighted by atomic mass is 9.91. The Balaban J connectivity index is 1.41. The predicted octanol–water partition coefficient (Wildman–Crippen LogP) is -0.00140. The average Bonchev–Trinajstić information content (AvgIpc) is 3.26. The highest BCUT2D eigenvalue weighted by Gasteiger charge is 2.58. The number of rotatable bonds is 4. The summed E-state index contributed by atoms with van der Waals surface area (Å²) in [7, 11) is 3.59. The minimum absolute atomic E-state index is 0.175. The van der Waals surface area contributed by atoms with Crippen LogP contribution in [0.5, 0.6) is 0 Å². The van der Waals surface area contributed by atoms with Crippen LogP contribution in [0.4, 0.5) is 0 Å². The Morgan fingerprint density at radius 3 is 2.39 bits per heavy atom. The summed E-state index contributed by atoms with van der Waals surface area (Å²) in [6, 6.07) is 0. The highest BCUT2D eigenvalue weighted by Crippen LogP contribution is 2.59. The molecule has 2 saturated heterocycles. The number of nitrogens with one attached hydrogen (secondary N) is 1. The molecule has 3 aliphatic rings. The molecular weight excluding hydrogens is 292 g/mol. The predicted molar refractivity (Wildman–Crippen MR) is 89.0 cm³/mol. The van der Waals surface area contributed by atoms with Gasteiger partial charge in [0.05, 0.1) is 0 Å². The summed E-state index contributed by atoms with van der Waals surface area (Å²) in [6.07, 6.45) is 4.00. The summed E-state index contributed by atoms with van der Waals surface area (Å²) in [5, 5.41) is 3.39. The van der Waals surface area contributed by atoms with Gasteiger partial charge in [-0.05, 0) is 37.8 Å². The van der Waals surface area contributed by atoms with Crippen molar-refractivity contribution in [2.24, 2.45) is 11.3 Å². The van der Waals surface area contributed by atoms with Crippen LogP contribution < -0.4 is 5.32 Å². The number of amides is 2. The molecule has 1 saturated carbocycles. The molecule has 23 heavy (non-hydrogen) atoms. The molecule has 6 heteroatoms. The van der Waals surface area contributed by atoms with Crippen molar-refractivity contribution in [3.8, 4) is 0 Å². The maximum absolute atomic E-state index is 12.7. The number of nitrogens with zero attached hydrogens (tertiary/aromatic N) is 3. The maximum Gasteiger partial charge on any atom is 0.226 e. The normalized spacial score (nSPS) is 27.0. The van der Waals surface area contributed by atoms with E-state index in [1.807, 2.05) is 0 Å². The van der Waals surface area contributed by atoms with Gasteiger partial charge in [0.25, 0.3) is 0 Å². The molecule has 130 valence electrons. The lowest BCUT2D eigenvalue weighted by Crippen LogP contribution is -2.50. The summed E-state index contributed by atoms with van der Waals surface area (Å²) in [6.45, 7) is 6.37. The van der Waals surface area contributed by atoms with E-state index in [1.165, 1.54) is 0 Å². The van der Waals surface area contributed by atoms with Gasteiger partial charge in [0.2, 0.25) is 11.8 Å². The lowest BCUT2D eigenvalue weighted by molar-refractivity contribution is -0.136. The first-order valence-corrected chi connectivity index (χ1v) is 8.94. The van der Waals surface area contributed by atoms with Crippen molar-refractivity contribution in [3.63, 3.8) is 0 Å². The molecule has 1 unspecified atom stereocenters. The molecule has 0 aromatic rings. The molecule has 1 aliphatic carbocycles. The topological polar surface area (TPSA) is 55.9 Å². The first-order valence-electron chi connectivity index (χ1n) is 8.94. The van der Waals surface area contributed by atoms with E-state index < -0.39 is 0 Å². The zero-order valence-corrected chi connectivity index (χ0v) is 14.5. The van der Waals surface area contributed by atoms with E-state index in [4.69, 9.17) is 0 Å². The van der Waals surface area contributed by atoms with Gasteiger partial charge in [0.1, 0.15) is 0 Å². The molecule has 0 aromatic heterocycles. The van der Waals surface area contributed by atoms with Crippen molar-refractivity contribution >= 4 is 11.8 Å². The van der Waals surface area contributed by atoms with Gasteiger partial charge in [0.15, 0.2) is 0 Å². The summed E-state index contributed by atoms with van der Waals surface area (Å²) < 4.78 is 0. The molecule has 3 rings (SSSR count). The van der Waals surface area contributed by atoms with Crippen molar-refractivity contribution in [2.75, 3.05) is 59.9 Å². The van der Waals surface area contributed by atoms with Crippen LogP contribution in [-0.4, -0.2) is 86.4 Å². The van der Waals surface area contributed by atoms with Crippen molar-refractivity contribution in [1.29, 1.82) is 0 Å². The fourth-order valence-corrected chi connectivity index (χ4v) is 4.06. The van der Waals surface area contributed by atoms with Crippen LogP contribution in [0.2, 0.25) is 0 Å². The molecule has 1 atom stereocenters. The van der Waals surface area contributed by atoms with E-state index in [2.05, 4.69) is 15.1 Å². The molecule has 1 spiro atoms. The number of piperidine rings is 1. The van der Waals surface area contributed by atoms with Crippen LogP contribution in [0.25, 0.3) is 0 Å². The average molecular weight is 322 g/mol. The van der Waals surface area contributed by atoms with Gasteiger partial charge in [-0.3, -0.25) is 14.5 Å². The molecule has 3 fully saturated rings. The molecule has 1 N–H and O–H groups in total. The number of carbonyl (C=O) groups excluding carboxylic acids is 2. The Hall–Kier alpha value is -1.14. The van der Waals surface area contributed by atoms with Crippen molar-refractivity contribution in [2.45, 2.75) is 25.7 Å². The summed E-state index contributed by atoms with van der Waals surface area (Å²) >= 11 is 0. The third-order valence-electron chi connectivity index (χ3n) is 5.91. The second kappa shape index (κ2) is 6.77. The van der Waals surface area contributed by atoms with Crippen molar-refractivity contribution in [3.05, 3.63) is 0 Å². The first kappa shape index (κ1) is 16.7. The van der Waals surface area contributed by atoms with Crippen LogP contribution >= 0.6 is 0 Å². The van der Waals surface area contributed by atoms with Gasteiger partial charge in [-0.2, -0.15) is 0 Å². The second-order valence-corrected chi connectivity index (χ2v) is 7.57. The van der Waals surface area contributed by atoms with Crippen LogP contribution in [0.15, 0.2) is 0 Å². The second-order valence-electron chi connectivity index (χ2n) is 7.57. The molecule has 0 aromatic carbocycles. The highest BCUT2D eigenvalue weighted by atomic mass is 16.2. The third-order valence-corrected chi connectivity index (χ3v) is 5.91. The zero-order valence-electron chi connectivity index (χ0n) is 14.5. The van der Waals surface area contributed by atoms with E-state index in [0.29, 0.717) is 17.7 Å². The van der Waals surface area contributed by atoms with Crippen molar-refractivity contribution < 1.29 is 9.59 Å². The molecule has 0 bridgehead atoms. The molecule has 2 heterocycles. The van der Waals surface area contributed by atoms with Crippen LogP contribution in [0.3, 0.4) is 0 Å².